The molecule has 0 atom stereocenters. The summed E-state index contributed by atoms with van der Waals surface area (Å²) >= 11 is 0. The Morgan fingerprint density at radius 3 is 2.44 bits per heavy atom. The average molecular weight is 351 g/mol. The van der Waals surface area contributed by atoms with Crippen LogP contribution in [-0.4, -0.2) is 4.98 Å². The number of rotatable bonds is 1. The summed E-state index contributed by atoms with van der Waals surface area (Å²) in [4.78, 5) is 4.71. The lowest BCUT2D eigenvalue weighted by Gasteiger charge is -2.21. The molecule has 2 heteroatoms. The largest absolute Gasteiger partial charge is 0.260 e. The third-order valence-corrected chi connectivity index (χ3v) is 6.00. The summed E-state index contributed by atoms with van der Waals surface area (Å²) in [6, 6.07) is 19.8. The van der Waals surface area contributed by atoms with Gasteiger partial charge in [0.15, 0.2) is 6.20 Å². The molecule has 0 unspecified atom stereocenters. The van der Waals surface area contributed by atoms with Crippen molar-refractivity contribution >= 4 is 10.8 Å². The maximum absolute atomic E-state index is 4.71. The predicted octanol–water partition coefficient (Wildman–Crippen LogP) is 5.34. The van der Waals surface area contributed by atoms with Crippen molar-refractivity contribution in [2.24, 2.45) is 7.05 Å². The van der Waals surface area contributed by atoms with Gasteiger partial charge in [0, 0.05) is 34.2 Å². The number of hydrogen-bond donors (Lipinski definition) is 0. The standard InChI is InChI=1S/C25H23N2/c1-16-12-22-21(19-10-7-11-26-24(19)25(22,2)3)14-20(16)23-13-17-8-5-6-9-18(17)15-27(23)4/h5-15H,1-4H3/q+1. The molecule has 2 heterocycles. The van der Waals surface area contributed by atoms with Crippen molar-refractivity contribution in [2.45, 2.75) is 26.2 Å². The lowest BCUT2D eigenvalue weighted by atomic mass is 9.83. The SMILES string of the molecule is Cc1cc2c(cc1-c1cc3ccccc3c[n+]1C)-c1cccnc1C2(C)C. The fourth-order valence-corrected chi connectivity index (χ4v) is 4.53. The summed E-state index contributed by atoms with van der Waals surface area (Å²) in [5.74, 6) is 0. The van der Waals surface area contributed by atoms with Gasteiger partial charge in [-0.3, -0.25) is 4.98 Å². The van der Waals surface area contributed by atoms with Gasteiger partial charge in [0.2, 0.25) is 5.69 Å². The van der Waals surface area contributed by atoms with Gasteiger partial charge < -0.3 is 0 Å². The molecule has 0 amide bonds. The van der Waals surface area contributed by atoms with E-state index in [1.807, 2.05) is 12.3 Å². The first-order valence-electron chi connectivity index (χ1n) is 9.46. The number of aromatic nitrogens is 2. The van der Waals surface area contributed by atoms with Crippen LogP contribution in [0.4, 0.5) is 0 Å². The normalized spacial score (nSPS) is 14.2. The van der Waals surface area contributed by atoms with Crippen LogP contribution >= 0.6 is 0 Å². The number of pyridine rings is 2. The van der Waals surface area contributed by atoms with E-state index in [9.17, 15) is 0 Å². The van der Waals surface area contributed by atoms with Crippen LogP contribution in [0.5, 0.6) is 0 Å². The zero-order valence-electron chi connectivity index (χ0n) is 16.2. The molecule has 4 aromatic rings. The summed E-state index contributed by atoms with van der Waals surface area (Å²) in [5.41, 5.74) is 8.92. The Morgan fingerprint density at radius 2 is 1.63 bits per heavy atom. The minimum Gasteiger partial charge on any atom is -0.260 e. The van der Waals surface area contributed by atoms with Gasteiger partial charge in [-0.15, -0.1) is 0 Å². The van der Waals surface area contributed by atoms with E-state index in [1.54, 1.807) is 0 Å². The Bertz CT molecular complexity index is 1220. The van der Waals surface area contributed by atoms with Crippen molar-refractivity contribution in [3.8, 4) is 22.4 Å². The van der Waals surface area contributed by atoms with Crippen molar-refractivity contribution in [1.29, 1.82) is 0 Å². The van der Waals surface area contributed by atoms with Gasteiger partial charge in [0.1, 0.15) is 7.05 Å². The molecule has 0 N–H and O–H groups in total. The highest BCUT2D eigenvalue weighted by Gasteiger charge is 2.37. The number of benzene rings is 2. The Kier molecular flexibility index (Phi) is 3.30. The highest BCUT2D eigenvalue weighted by molar-refractivity contribution is 5.87. The number of hydrogen-bond acceptors (Lipinski definition) is 1. The summed E-state index contributed by atoms with van der Waals surface area (Å²) in [7, 11) is 2.13. The molecule has 27 heavy (non-hydrogen) atoms. The van der Waals surface area contributed by atoms with E-state index in [1.165, 1.54) is 50.0 Å². The van der Waals surface area contributed by atoms with Gasteiger partial charge in [-0.2, -0.15) is 0 Å². The number of nitrogens with zero attached hydrogens (tertiary/aromatic N) is 2. The van der Waals surface area contributed by atoms with Crippen molar-refractivity contribution in [3.63, 3.8) is 0 Å². The molecule has 5 rings (SSSR count). The molecule has 2 aromatic carbocycles. The van der Waals surface area contributed by atoms with E-state index >= 15 is 0 Å². The van der Waals surface area contributed by atoms with Crippen molar-refractivity contribution in [2.75, 3.05) is 0 Å². The summed E-state index contributed by atoms with van der Waals surface area (Å²) in [6.45, 7) is 6.77. The van der Waals surface area contributed by atoms with Gasteiger partial charge in [0.25, 0.3) is 0 Å². The molecule has 0 saturated heterocycles. The van der Waals surface area contributed by atoms with E-state index in [0.717, 1.165) is 0 Å². The summed E-state index contributed by atoms with van der Waals surface area (Å²) in [5, 5.41) is 2.53. The first-order valence-corrected chi connectivity index (χ1v) is 9.46. The maximum atomic E-state index is 4.71. The molecule has 132 valence electrons. The minimum absolute atomic E-state index is 0.0548. The minimum atomic E-state index is -0.0548. The predicted molar refractivity (Wildman–Crippen MR) is 111 cm³/mol. The van der Waals surface area contributed by atoms with Crippen LogP contribution in [0.15, 0.2) is 67.0 Å². The third-order valence-electron chi connectivity index (χ3n) is 6.00. The second-order valence-corrected chi connectivity index (χ2v) is 8.14. The Hall–Kier alpha value is -3.00. The third kappa shape index (κ3) is 2.26. The van der Waals surface area contributed by atoms with E-state index in [-0.39, 0.29) is 5.41 Å². The highest BCUT2D eigenvalue weighted by atomic mass is 14.9. The molecule has 0 saturated carbocycles. The Labute approximate surface area is 160 Å². The second-order valence-electron chi connectivity index (χ2n) is 8.14. The molecule has 0 spiro atoms. The first-order chi connectivity index (χ1) is 13.0. The fraction of sp³-hybridized carbons (Fsp3) is 0.200. The van der Waals surface area contributed by atoms with E-state index in [0.29, 0.717) is 0 Å². The van der Waals surface area contributed by atoms with Crippen LogP contribution in [0.2, 0.25) is 0 Å². The van der Waals surface area contributed by atoms with Crippen molar-refractivity contribution in [3.05, 3.63) is 83.8 Å². The van der Waals surface area contributed by atoms with E-state index < -0.39 is 0 Å². The van der Waals surface area contributed by atoms with Crippen LogP contribution in [0.25, 0.3) is 33.2 Å². The molecular weight excluding hydrogens is 328 g/mol. The second kappa shape index (κ2) is 5.50. The first kappa shape index (κ1) is 16.2. The number of aryl methyl sites for hydroxylation is 2. The van der Waals surface area contributed by atoms with Crippen molar-refractivity contribution < 1.29 is 4.57 Å². The van der Waals surface area contributed by atoms with Crippen LogP contribution in [0, 0.1) is 6.92 Å². The molecule has 0 aliphatic heterocycles. The smallest absolute Gasteiger partial charge is 0.213 e. The molecule has 0 radical (unpaired) electrons. The fourth-order valence-electron chi connectivity index (χ4n) is 4.53. The number of fused-ring (bicyclic) bond motifs is 4. The zero-order chi connectivity index (χ0) is 18.8. The quantitative estimate of drug-likeness (QED) is 0.423. The summed E-state index contributed by atoms with van der Waals surface area (Å²) < 4.78 is 2.24. The topological polar surface area (TPSA) is 16.8 Å². The molecule has 2 aromatic heterocycles. The van der Waals surface area contributed by atoms with E-state index in [4.69, 9.17) is 4.98 Å². The molecule has 1 aliphatic carbocycles. The molecule has 0 fully saturated rings. The van der Waals surface area contributed by atoms with Gasteiger partial charge in [-0.05, 0) is 47.2 Å². The van der Waals surface area contributed by atoms with E-state index in [2.05, 4.69) is 87.1 Å². The van der Waals surface area contributed by atoms with Gasteiger partial charge in [-0.1, -0.05) is 44.2 Å². The van der Waals surface area contributed by atoms with Crippen LogP contribution in [0.1, 0.15) is 30.7 Å². The van der Waals surface area contributed by atoms with Gasteiger partial charge in [0.05, 0.1) is 5.69 Å². The highest BCUT2D eigenvalue weighted by Crippen LogP contribution is 2.49. The zero-order valence-corrected chi connectivity index (χ0v) is 16.2. The molecular formula is C25H23N2+. The summed E-state index contributed by atoms with van der Waals surface area (Å²) in [6.07, 6.45) is 4.13. The average Bonchev–Trinajstić information content (AvgIpc) is 2.88. The van der Waals surface area contributed by atoms with Gasteiger partial charge >= 0.3 is 0 Å². The molecule has 1 aliphatic rings. The monoisotopic (exact) mass is 351 g/mol. The van der Waals surface area contributed by atoms with Crippen LogP contribution < -0.4 is 4.57 Å². The Balaban J connectivity index is 1.79. The Morgan fingerprint density at radius 1 is 0.852 bits per heavy atom. The van der Waals surface area contributed by atoms with Gasteiger partial charge in [-0.25, -0.2) is 4.57 Å². The van der Waals surface area contributed by atoms with Crippen LogP contribution in [0.3, 0.4) is 0 Å². The van der Waals surface area contributed by atoms with Crippen molar-refractivity contribution in [1.82, 2.24) is 4.98 Å². The molecule has 0 bridgehead atoms. The molecule has 2 nitrogen and oxygen atoms in total. The lowest BCUT2D eigenvalue weighted by molar-refractivity contribution is -0.659. The van der Waals surface area contributed by atoms with Crippen LogP contribution in [-0.2, 0) is 12.5 Å². The lowest BCUT2D eigenvalue weighted by Crippen LogP contribution is -2.30. The maximum Gasteiger partial charge on any atom is 0.213 e.